The van der Waals surface area contributed by atoms with Gasteiger partial charge in [0, 0.05) is 6.54 Å². The zero-order valence-electron chi connectivity index (χ0n) is 11.7. The third-order valence-electron chi connectivity index (χ3n) is 3.11. The smallest absolute Gasteiger partial charge is 0.145 e. The number of aromatic nitrogens is 1. The number of rotatable bonds is 4. The Hall–Kier alpha value is -1.87. The van der Waals surface area contributed by atoms with Crippen molar-refractivity contribution in [2.75, 3.05) is 0 Å². The van der Waals surface area contributed by atoms with Crippen LogP contribution in [-0.2, 0) is 6.54 Å². The SMILES string of the molecule is Cc1cc(Oc2ccc(CN)nc2)ccc1C(C)C. The molecule has 0 aliphatic carbocycles. The molecule has 1 heterocycles. The molecule has 2 rings (SSSR count). The summed E-state index contributed by atoms with van der Waals surface area (Å²) in [5, 5.41) is 0. The van der Waals surface area contributed by atoms with Gasteiger partial charge in [-0.2, -0.15) is 0 Å². The van der Waals surface area contributed by atoms with E-state index in [-0.39, 0.29) is 0 Å². The summed E-state index contributed by atoms with van der Waals surface area (Å²) < 4.78 is 5.79. The molecule has 0 aliphatic heterocycles. The van der Waals surface area contributed by atoms with Crippen molar-refractivity contribution in [1.29, 1.82) is 0 Å². The maximum absolute atomic E-state index is 5.79. The van der Waals surface area contributed by atoms with Crippen LogP contribution in [-0.4, -0.2) is 4.98 Å². The lowest BCUT2D eigenvalue weighted by Gasteiger charge is -2.12. The zero-order valence-corrected chi connectivity index (χ0v) is 11.7. The third kappa shape index (κ3) is 3.32. The van der Waals surface area contributed by atoms with Crippen molar-refractivity contribution in [1.82, 2.24) is 4.98 Å². The maximum atomic E-state index is 5.79. The van der Waals surface area contributed by atoms with Crippen LogP contribution in [0.3, 0.4) is 0 Å². The van der Waals surface area contributed by atoms with Gasteiger partial charge in [0.25, 0.3) is 0 Å². The Morgan fingerprint density at radius 2 is 1.89 bits per heavy atom. The van der Waals surface area contributed by atoms with Crippen LogP contribution in [0.1, 0.15) is 36.6 Å². The van der Waals surface area contributed by atoms with Crippen molar-refractivity contribution in [2.45, 2.75) is 33.2 Å². The van der Waals surface area contributed by atoms with Gasteiger partial charge in [-0.1, -0.05) is 19.9 Å². The molecule has 0 amide bonds. The van der Waals surface area contributed by atoms with Crippen LogP contribution in [0.5, 0.6) is 11.5 Å². The van der Waals surface area contributed by atoms with Crippen LogP contribution >= 0.6 is 0 Å². The van der Waals surface area contributed by atoms with Gasteiger partial charge >= 0.3 is 0 Å². The van der Waals surface area contributed by atoms with Gasteiger partial charge in [-0.3, -0.25) is 4.98 Å². The number of benzene rings is 1. The molecule has 19 heavy (non-hydrogen) atoms. The Balaban J connectivity index is 2.16. The summed E-state index contributed by atoms with van der Waals surface area (Å²) in [6, 6.07) is 9.95. The third-order valence-corrected chi connectivity index (χ3v) is 3.11. The quantitative estimate of drug-likeness (QED) is 0.906. The minimum absolute atomic E-state index is 0.447. The number of nitrogens with zero attached hydrogens (tertiary/aromatic N) is 1. The average Bonchev–Trinajstić information content (AvgIpc) is 2.39. The molecule has 0 atom stereocenters. The van der Waals surface area contributed by atoms with Gasteiger partial charge in [0.05, 0.1) is 11.9 Å². The fourth-order valence-electron chi connectivity index (χ4n) is 2.09. The van der Waals surface area contributed by atoms with E-state index in [0.717, 1.165) is 17.2 Å². The summed E-state index contributed by atoms with van der Waals surface area (Å²) in [4.78, 5) is 4.21. The summed E-state index contributed by atoms with van der Waals surface area (Å²) >= 11 is 0. The van der Waals surface area contributed by atoms with Crippen LogP contribution in [0.4, 0.5) is 0 Å². The number of nitrogens with two attached hydrogens (primary N) is 1. The van der Waals surface area contributed by atoms with Crippen LogP contribution in [0.15, 0.2) is 36.5 Å². The number of aryl methyl sites for hydroxylation is 1. The highest BCUT2D eigenvalue weighted by Crippen LogP contribution is 2.26. The fraction of sp³-hybridized carbons (Fsp3) is 0.312. The zero-order chi connectivity index (χ0) is 13.8. The highest BCUT2D eigenvalue weighted by molar-refractivity contribution is 5.38. The minimum atomic E-state index is 0.447. The lowest BCUT2D eigenvalue weighted by molar-refractivity contribution is 0.479. The van der Waals surface area contributed by atoms with E-state index in [2.05, 4.69) is 37.9 Å². The minimum Gasteiger partial charge on any atom is -0.456 e. The Morgan fingerprint density at radius 1 is 1.16 bits per heavy atom. The first kappa shape index (κ1) is 13.6. The Morgan fingerprint density at radius 3 is 2.42 bits per heavy atom. The van der Waals surface area contributed by atoms with Gasteiger partial charge in [0.2, 0.25) is 0 Å². The normalized spacial score (nSPS) is 10.8. The number of hydrogen-bond acceptors (Lipinski definition) is 3. The van der Waals surface area contributed by atoms with Gasteiger partial charge in [-0.25, -0.2) is 0 Å². The summed E-state index contributed by atoms with van der Waals surface area (Å²) in [6.45, 7) is 6.94. The molecule has 0 saturated heterocycles. The highest BCUT2D eigenvalue weighted by atomic mass is 16.5. The topological polar surface area (TPSA) is 48.1 Å². The molecule has 0 aliphatic rings. The van der Waals surface area contributed by atoms with Crippen molar-refractivity contribution in [3.05, 3.63) is 53.3 Å². The monoisotopic (exact) mass is 256 g/mol. The molecule has 0 fully saturated rings. The Bertz CT molecular complexity index is 547. The average molecular weight is 256 g/mol. The molecular formula is C16H20N2O. The number of pyridine rings is 1. The van der Waals surface area contributed by atoms with Crippen molar-refractivity contribution in [3.63, 3.8) is 0 Å². The summed E-state index contributed by atoms with van der Waals surface area (Å²) in [7, 11) is 0. The Kier molecular flexibility index (Phi) is 4.17. The molecule has 2 aromatic rings. The number of hydrogen-bond donors (Lipinski definition) is 1. The van der Waals surface area contributed by atoms with Crippen molar-refractivity contribution >= 4 is 0 Å². The summed E-state index contributed by atoms with van der Waals surface area (Å²) in [5.41, 5.74) is 8.97. The molecule has 0 saturated carbocycles. The first-order valence-electron chi connectivity index (χ1n) is 6.53. The van der Waals surface area contributed by atoms with Crippen LogP contribution in [0.2, 0.25) is 0 Å². The lowest BCUT2D eigenvalue weighted by atomic mass is 9.98. The molecular weight excluding hydrogens is 236 g/mol. The van der Waals surface area contributed by atoms with Crippen LogP contribution in [0, 0.1) is 6.92 Å². The van der Waals surface area contributed by atoms with E-state index in [9.17, 15) is 0 Å². The van der Waals surface area contributed by atoms with E-state index in [0.29, 0.717) is 12.5 Å². The highest BCUT2D eigenvalue weighted by Gasteiger charge is 2.05. The van der Waals surface area contributed by atoms with E-state index < -0.39 is 0 Å². The molecule has 0 unspecified atom stereocenters. The molecule has 1 aromatic carbocycles. The first-order valence-corrected chi connectivity index (χ1v) is 6.53. The summed E-state index contributed by atoms with van der Waals surface area (Å²) in [5.74, 6) is 2.10. The second-order valence-corrected chi connectivity index (χ2v) is 4.96. The van der Waals surface area contributed by atoms with Gasteiger partial charge in [0.1, 0.15) is 11.5 Å². The van der Waals surface area contributed by atoms with Gasteiger partial charge in [0.15, 0.2) is 0 Å². The molecule has 3 nitrogen and oxygen atoms in total. The van der Waals surface area contributed by atoms with E-state index in [1.807, 2.05) is 18.2 Å². The standard InChI is InChI=1S/C16H20N2O/c1-11(2)16-7-6-14(8-12(16)3)19-15-5-4-13(9-17)18-10-15/h4-8,10-11H,9,17H2,1-3H3. The first-order chi connectivity index (χ1) is 9.10. The molecule has 2 N–H and O–H groups in total. The predicted molar refractivity (Wildman–Crippen MR) is 77.5 cm³/mol. The molecule has 100 valence electrons. The largest absolute Gasteiger partial charge is 0.456 e. The lowest BCUT2D eigenvalue weighted by Crippen LogP contribution is -1.99. The number of ether oxygens (including phenoxy) is 1. The van der Waals surface area contributed by atoms with Crippen molar-refractivity contribution in [2.24, 2.45) is 5.73 Å². The second kappa shape index (κ2) is 5.85. The van der Waals surface area contributed by atoms with Crippen molar-refractivity contribution in [3.8, 4) is 11.5 Å². The molecule has 3 heteroatoms. The van der Waals surface area contributed by atoms with E-state index in [1.54, 1.807) is 6.20 Å². The van der Waals surface area contributed by atoms with E-state index in [1.165, 1.54) is 11.1 Å². The van der Waals surface area contributed by atoms with Crippen molar-refractivity contribution < 1.29 is 4.74 Å². The second-order valence-electron chi connectivity index (χ2n) is 4.96. The van der Waals surface area contributed by atoms with Crippen LogP contribution < -0.4 is 10.5 Å². The van der Waals surface area contributed by atoms with Gasteiger partial charge < -0.3 is 10.5 Å². The fourth-order valence-corrected chi connectivity index (χ4v) is 2.09. The predicted octanol–water partition coefficient (Wildman–Crippen LogP) is 3.76. The van der Waals surface area contributed by atoms with Gasteiger partial charge in [-0.15, -0.1) is 0 Å². The van der Waals surface area contributed by atoms with Gasteiger partial charge in [-0.05, 0) is 48.2 Å². The molecule has 0 spiro atoms. The molecule has 0 radical (unpaired) electrons. The molecule has 1 aromatic heterocycles. The van der Waals surface area contributed by atoms with E-state index in [4.69, 9.17) is 10.5 Å². The van der Waals surface area contributed by atoms with E-state index >= 15 is 0 Å². The summed E-state index contributed by atoms with van der Waals surface area (Å²) in [6.07, 6.45) is 1.70. The molecule has 0 bridgehead atoms. The van der Waals surface area contributed by atoms with Crippen LogP contribution in [0.25, 0.3) is 0 Å². The maximum Gasteiger partial charge on any atom is 0.145 e. The Labute approximate surface area is 114 Å².